The predicted molar refractivity (Wildman–Crippen MR) is 68.8 cm³/mol. The van der Waals surface area contributed by atoms with E-state index in [-0.39, 0.29) is 12.7 Å². The van der Waals surface area contributed by atoms with Gasteiger partial charge in [-0.2, -0.15) is 0 Å². The Bertz CT molecular complexity index is 450. The fourth-order valence-corrected chi connectivity index (χ4v) is 1.86. The van der Waals surface area contributed by atoms with Crippen molar-refractivity contribution in [1.82, 2.24) is 5.32 Å². The van der Waals surface area contributed by atoms with E-state index in [2.05, 4.69) is 5.32 Å². The zero-order chi connectivity index (χ0) is 13.7. The molecule has 1 heterocycles. The van der Waals surface area contributed by atoms with Crippen molar-refractivity contribution < 1.29 is 19.4 Å². The van der Waals surface area contributed by atoms with Gasteiger partial charge in [0, 0.05) is 13.0 Å². The zero-order valence-electron chi connectivity index (χ0n) is 10.6. The van der Waals surface area contributed by atoms with E-state index in [1.54, 1.807) is 12.1 Å². The number of ether oxygens (including phenoxy) is 2. The third-order valence-corrected chi connectivity index (χ3v) is 2.90. The van der Waals surface area contributed by atoms with Crippen molar-refractivity contribution in [2.75, 3.05) is 19.9 Å². The van der Waals surface area contributed by atoms with Crippen molar-refractivity contribution in [3.05, 3.63) is 23.8 Å². The maximum Gasteiger partial charge on any atom is 0.231 e. The summed E-state index contributed by atoms with van der Waals surface area (Å²) >= 11 is 0. The summed E-state index contributed by atoms with van der Waals surface area (Å²) < 4.78 is 10.5. The first kappa shape index (κ1) is 13.6. The smallest absolute Gasteiger partial charge is 0.231 e. The Morgan fingerprint density at radius 2 is 2.21 bits per heavy atom. The minimum atomic E-state index is -0.622. The van der Waals surface area contributed by atoms with E-state index in [1.165, 1.54) is 0 Å². The molecule has 104 valence electrons. The normalized spacial score (nSPS) is 14.4. The first-order chi connectivity index (χ1) is 9.16. The standard InChI is InChI=1S/C13H18N2O4/c14-13(17)2-1-5-15-7-10(16)9-3-4-11-12(6-9)19-8-18-11/h3-4,6,10,15-16H,1-2,5,7-8H2,(H2,14,17). The first-order valence-corrected chi connectivity index (χ1v) is 6.23. The molecule has 0 saturated carbocycles. The Balaban J connectivity index is 1.77. The highest BCUT2D eigenvalue weighted by molar-refractivity contribution is 5.73. The van der Waals surface area contributed by atoms with E-state index < -0.39 is 6.10 Å². The molecule has 1 unspecified atom stereocenters. The van der Waals surface area contributed by atoms with Gasteiger partial charge < -0.3 is 25.6 Å². The summed E-state index contributed by atoms with van der Waals surface area (Å²) in [5, 5.41) is 13.1. The van der Waals surface area contributed by atoms with Crippen molar-refractivity contribution in [2.24, 2.45) is 5.73 Å². The third-order valence-electron chi connectivity index (χ3n) is 2.90. The van der Waals surface area contributed by atoms with E-state index in [0.29, 0.717) is 37.4 Å². The fourth-order valence-electron chi connectivity index (χ4n) is 1.86. The van der Waals surface area contributed by atoms with Gasteiger partial charge in [-0.1, -0.05) is 6.07 Å². The number of hydrogen-bond donors (Lipinski definition) is 3. The van der Waals surface area contributed by atoms with Crippen molar-refractivity contribution in [3.63, 3.8) is 0 Å². The van der Waals surface area contributed by atoms with Crippen LogP contribution in [0.3, 0.4) is 0 Å². The number of amides is 1. The van der Waals surface area contributed by atoms with E-state index in [0.717, 1.165) is 5.56 Å². The number of hydrogen-bond acceptors (Lipinski definition) is 5. The topological polar surface area (TPSA) is 93.8 Å². The number of nitrogens with one attached hydrogen (secondary N) is 1. The predicted octanol–water partition coefficient (Wildman–Crippen LogP) is 0.304. The Labute approximate surface area is 111 Å². The van der Waals surface area contributed by atoms with E-state index in [1.807, 2.05) is 6.07 Å². The van der Waals surface area contributed by atoms with Gasteiger partial charge in [0.25, 0.3) is 0 Å². The number of carbonyl (C=O) groups is 1. The lowest BCUT2D eigenvalue weighted by molar-refractivity contribution is -0.118. The largest absolute Gasteiger partial charge is 0.454 e. The monoisotopic (exact) mass is 266 g/mol. The summed E-state index contributed by atoms with van der Waals surface area (Å²) in [5.74, 6) is 1.05. The molecule has 0 bridgehead atoms. The van der Waals surface area contributed by atoms with E-state index >= 15 is 0 Å². The first-order valence-electron chi connectivity index (χ1n) is 6.23. The molecule has 0 spiro atoms. The van der Waals surface area contributed by atoms with Gasteiger partial charge in [0.1, 0.15) is 0 Å². The number of primary amides is 1. The summed E-state index contributed by atoms with van der Waals surface area (Å²) in [6.45, 7) is 1.28. The molecule has 0 radical (unpaired) electrons. The molecule has 1 aromatic rings. The van der Waals surface area contributed by atoms with Crippen molar-refractivity contribution >= 4 is 5.91 Å². The molecular weight excluding hydrogens is 248 g/mol. The molecule has 2 rings (SSSR count). The van der Waals surface area contributed by atoms with Crippen LogP contribution in [0.2, 0.25) is 0 Å². The number of carbonyl (C=O) groups excluding carboxylic acids is 1. The minimum Gasteiger partial charge on any atom is -0.454 e. The molecule has 1 amide bonds. The van der Waals surface area contributed by atoms with Crippen LogP contribution < -0.4 is 20.5 Å². The number of aliphatic hydroxyl groups excluding tert-OH is 1. The SMILES string of the molecule is NC(=O)CCCNCC(O)c1ccc2c(c1)OCO2. The van der Waals surface area contributed by atoms with E-state index in [4.69, 9.17) is 15.2 Å². The second-order valence-electron chi connectivity index (χ2n) is 4.40. The van der Waals surface area contributed by atoms with Crippen LogP contribution in [0.1, 0.15) is 24.5 Å². The quantitative estimate of drug-likeness (QED) is 0.617. The van der Waals surface area contributed by atoms with Crippen LogP contribution in [0, 0.1) is 0 Å². The molecule has 0 fully saturated rings. The summed E-state index contributed by atoms with van der Waals surface area (Å²) in [7, 11) is 0. The number of fused-ring (bicyclic) bond motifs is 1. The van der Waals surface area contributed by atoms with Crippen molar-refractivity contribution in [3.8, 4) is 11.5 Å². The Morgan fingerprint density at radius 3 is 3.00 bits per heavy atom. The van der Waals surface area contributed by atoms with Gasteiger partial charge in [0.2, 0.25) is 12.7 Å². The molecule has 19 heavy (non-hydrogen) atoms. The maximum atomic E-state index is 10.5. The molecule has 1 aliphatic heterocycles. The summed E-state index contributed by atoms with van der Waals surface area (Å²) in [6.07, 6.45) is 0.402. The molecule has 1 aliphatic rings. The number of rotatable bonds is 7. The highest BCUT2D eigenvalue weighted by atomic mass is 16.7. The summed E-state index contributed by atoms with van der Waals surface area (Å²) in [6, 6.07) is 5.37. The number of nitrogens with two attached hydrogens (primary N) is 1. The molecule has 0 aromatic heterocycles. The maximum absolute atomic E-state index is 10.5. The average Bonchev–Trinajstić information content (AvgIpc) is 2.84. The molecule has 6 nitrogen and oxygen atoms in total. The van der Waals surface area contributed by atoms with E-state index in [9.17, 15) is 9.90 Å². The Hall–Kier alpha value is -1.79. The highest BCUT2D eigenvalue weighted by Crippen LogP contribution is 2.33. The summed E-state index contributed by atoms with van der Waals surface area (Å²) in [5.41, 5.74) is 5.81. The second-order valence-corrected chi connectivity index (χ2v) is 4.40. The molecule has 0 aliphatic carbocycles. The lowest BCUT2D eigenvalue weighted by Gasteiger charge is -2.12. The third kappa shape index (κ3) is 3.84. The van der Waals surface area contributed by atoms with Crippen LogP contribution in [0.15, 0.2) is 18.2 Å². The van der Waals surface area contributed by atoms with Gasteiger partial charge >= 0.3 is 0 Å². The second kappa shape index (κ2) is 6.40. The van der Waals surface area contributed by atoms with Gasteiger partial charge in [-0.3, -0.25) is 4.79 Å². The van der Waals surface area contributed by atoms with Crippen LogP contribution in [0.25, 0.3) is 0 Å². The molecule has 0 saturated heterocycles. The highest BCUT2D eigenvalue weighted by Gasteiger charge is 2.16. The van der Waals surface area contributed by atoms with Crippen molar-refractivity contribution in [1.29, 1.82) is 0 Å². The Kier molecular flexibility index (Phi) is 4.59. The molecule has 6 heteroatoms. The lowest BCUT2D eigenvalue weighted by atomic mass is 10.1. The minimum absolute atomic E-state index is 0.222. The molecule has 1 aromatic carbocycles. The van der Waals surface area contributed by atoms with Crippen molar-refractivity contribution in [2.45, 2.75) is 18.9 Å². The number of aliphatic hydroxyl groups is 1. The van der Waals surface area contributed by atoms with Crippen LogP contribution in [-0.2, 0) is 4.79 Å². The number of benzene rings is 1. The van der Waals surface area contributed by atoms with Gasteiger partial charge in [0.15, 0.2) is 11.5 Å². The lowest BCUT2D eigenvalue weighted by Crippen LogP contribution is -2.23. The van der Waals surface area contributed by atoms with Gasteiger partial charge in [-0.05, 0) is 30.7 Å². The average molecular weight is 266 g/mol. The van der Waals surface area contributed by atoms with Crippen LogP contribution in [0.4, 0.5) is 0 Å². The summed E-state index contributed by atoms with van der Waals surface area (Å²) in [4.78, 5) is 10.5. The van der Waals surface area contributed by atoms with Gasteiger partial charge in [0.05, 0.1) is 6.10 Å². The zero-order valence-corrected chi connectivity index (χ0v) is 10.6. The van der Waals surface area contributed by atoms with Crippen LogP contribution >= 0.6 is 0 Å². The van der Waals surface area contributed by atoms with Gasteiger partial charge in [-0.25, -0.2) is 0 Å². The fraction of sp³-hybridized carbons (Fsp3) is 0.462. The molecule has 4 N–H and O–H groups in total. The van der Waals surface area contributed by atoms with Crippen LogP contribution in [-0.4, -0.2) is 30.9 Å². The molecular formula is C13H18N2O4. The van der Waals surface area contributed by atoms with Gasteiger partial charge in [-0.15, -0.1) is 0 Å². The van der Waals surface area contributed by atoms with Crippen LogP contribution in [0.5, 0.6) is 11.5 Å². The molecule has 1 atom stereocenters. The Morgan fingerprint density at radius 1 is 1.42 bits per heavy atom.